The van der Waals surface area contributed by atoms with Crippen molar-refractivity contribution >= 4 is 6.09 Å². The molecule has 1 aromatic rings. The summed E-state index contributed by atoms with van der Waals surface area (Å²) in [7, 11) is 1.41. The van der Waals surface area contributed by atoms with Gasteiger partial charge in [-0.1, -0.05) is 42.5 Å². The fourth-order valence-electron chi connectivity index (χ4n) is 1.77. The number of rotatable bonds is 1. The van der Waals surface area contributed by atoms with Crippen molar-refractivity contribution < 1.29 is 9.53 Å². The van der Waals surface area contributed by atoms with Crippen LogP contribution in [0.2, 0.25) is 0 Å². The van der Waals surface area contributed by atoms with Crippen molar-refractivity contribution in [2.45, 2.75) is 6.04 Å². The summed E-state index contributed by atoms with van der Waals surface area (Å²) in [5.41, 5.74) is 1.11. The van der Waals surface area contributed by atoms with Gasteiger partial charge in [-0.15, -0.1) is 0 Å². The Hall–Kier alpha value is -1.77. The number of hydrogen-bond acceptors (Lipinski definition) is 2. The Morgan fingerprint density at radius 1 is 1.40 bits per heavy atom. The molecule has 0 radical (unpaired) electrons. The summed E-state index contributed by atoms with van der Waals surface area (Å²) < 4.78 is 4.73. The lowest BCUT2D eigenvalue weighted by molar-refractivity contribution is 0.122. The van der Waals surface area contributed by atoms with Gasteiger partial charge < -0.3 is 4.74 Å². The van der Waals surface area contributed by atoms with Gasteiger partial charge >= 0.3 is 6.09 Å². The zero-order valence-electron chi connectivity index (χ0n) is 8.59. The van der Waals surface area contributed by atoms with E-state index >= 15 is 0 Å². The molecule has 3 heteroatoms. The Morgan fingerprint density at radius 2 is 2.13 bits per heavy atom. The van der Waals surface area contributed by atoms with Crippen molar-refractivity contribution in [3.05, 3.63) is 48.0 Å². The van der Waals surface area contributed by atoms with E-state index in [0.717, 1.165) is 5.56 Å². The van der Waals surface area contributed by atoms with Crippen molar-refractivity contribution in [2.24, 2.45) is 0 Å². The van der Waals surface area contributed by atoms with Gasteiger partial charge in [0.05, 0.1) is 13.2 Å². The first-order valence-electron chi connectivity index (χ1n) is 4.89. The molecular weight excluding hydrogens is 190 g/mol. The molecule has 1 aliphatic heterocycles. The summed E-state index contributed by atoms with van der Waals surface area (Å²) in [6, 6.07) is 9.93. The topological polar surface area (TPSA) is 29.5 Å². The largest absolute Gasteiger partial charge is 0.453 e. The second-order valence-corrected chi connectivity index (χ2v) is 3.41. The van der Waals surface area contributed by atoms with Crippen molar-refractivity contribution in [2.75, 3.05) is 13.7 Å². The van der Waals surface area contributed by atoms with Gasteiger partial charge in [0.2, 0.25) is 0 Å². The quantitative estimate of drug-likeness (QED) is 0.656. The molecular formula is C12H13NO2. The van der Waals surface area contributed by atoms with Crippen molar-refractivity contribution in [1.82, 2.24) is 4.90 Å². The SMILES string of the molecule is COC(=O)N1CC=C[C@H]1c1ccccc1. The predicted molar refractivity (Wildman–Crippen MR) is 57.4 cm³/mol. The fraction of sp³-hybridized carbons (Fsp3) is 0.250. The second kappa shape index (κ2) is 4.17. The van der Waals surface area contributed by atoms with Crippen LogP contribution in [0, 0.1) is 0 Å². The lowest BCUT2D eigenvalue weighted by Gasteiger charge is -2.23. The molecule has 0 unspecified atom stereocenters. The zero-order chi connectivity index (χ0) is 10.7. The molecule has 2 rings (SSSR count). The Kier molecular flexibility index (Phi) is 2.72. The standard InChI is InChI=1S/C12H13NO2/c1-15-12(14)13-9-5-8-11(13)10-6-3-2-4-7-10/h2-8,11H,9H2,1H3/t11-/m0/s1. The molecule has 0 fully saturated rings. The predicted octanol–water partition coefficient (Wildman–Crippen LogP) is 2.37. The van der Waals surface area contributed by atoms with E-state index in [2.05, 4.69) is 0 Å². The number of hydrogen-bond donors (Lipinski definition) is 0. The summed E-state index contributed by atoms with van der Waals surface area (Å²) in [4.78, 5) is 13.2. The zero-order valence-corrected chi connectivity index (χ0v) is 8.59. The van der Waals surface area contributed by atoms with E-state index in [1.54, 1.807) is 4.90 Å². The van der Waals surface area contributed by atoms with Crippen LogP contribution < -0.4 is 0 Å². The van der Waals surface area contributed by atoms with Crippen LogP contribution in [0.3, 0.4) is 0 Å². The summed E-state index contributed by atoms with van der Waals surface area (Å²) in [5.74, 6) is 0. The third kappa shape index (κ3) is 1.86. The number of methoxy groups -OCH3 is 1. The monoisotopic (exact) mass is 203 g/mol. The van der Waals surface area contributed by atoms with E-state index < -0.39 is 0 Å². The molecule has 0 saturated carbocycles. The average Bonchev–Trinajstić information content (AvgIpc) is 2.78. The van der Waals surface area contributed by atoms with Gasteiger partial charge in [0, 0.05) is 6.54 Å². The van der Waals surface area contributed by atoms with Crippen LogP contribution >= 0.6 is 0 Å². The minimum atomic E-state index is -0.283. The summed E-state index contributed by atoms with van der Waals surface area (Å²) in [5, 5.41) is 0. The van der Waals surface area contributed by atoms with E-state index in [0.29, 0.717) is 6.54 Å². The molecule has 1 aromatic carbocycles. The van der Waals surface area contributed by atoms with Gasteiger partial charge in [-0.25, -0.2) is 4.79 Å². The third-order valence-corrected chi connectivity index (χ3v) is 2.51. The number of benzene rings is 1. The van der Waals surface area contributed by atoms with Crippen LogP contribution in [-0.4, -0.2) is 24.6 Å². The Morgan fingerprint density at radius 3 is 2.80 bits per heavy atom. The normalized spacial score (nSPS) is 19.3. The Bertz CT molecular complexity index is 372. The molecule has 3 nitrogen and oxygen atoms in total. The molecule has 1 atom stereocenters. The van der Waals surface area contributed by atoms with Gasteiger partial charge in [0.15, 0.2) is 0 Å². The highest BCUT2D eigenvalue weighted by molar-refractivity contribution is 5.69. The van der Waals surface area contributed by atoms with Crippen LogP contribution in [0.15, 0.2) is 42.5 Å². The average molecular weight is 203 g/mol. The van der Waals surface area contributed by atoms with Gasteiger partial charge in [0.25, 0.3) is 0 Å². The van der Waals surface area contributed by atoms with E-state index in [1.807, 2.05) is 42.5 Å². The molecule has 1 heterocycles. The summed E-state index contributed by atoms with van der Waals surface area (Å²) in [6.07, 6.45) is 3.72. The maximum Gasteiger partial charge on any atom is 0.410 e. The summed E-state index contributed by atoms with van der Waals surface area (Å²) in [6.45, 7) is 0.617. The first kappa shape index (κ1) is 9.77. The minimum Gasteiger partial charge on any atom is -0.453 e. The highest BCUT2D eigenvalue weighted by Crippen LogP contribution is 2.26. The molecule has 0 spiro atoms. The third-order valence-electron chi connectivity index (χ3n) is 2.51. The molecule has 15 heavy (non-hydrogen) atoms. The van der Waals surface area contributed by atoms with Crippen molar-refractivity contribution in [1.29, 1.82) is 0 Å². The maximum atomic E-state index is 11.5. The molecule has 1 amide bonds. The van der Waals surface area contributed by atoms with Crippen LogP contribution in [0.4, 0.5) is 4.79 Å². The number of amides is 1. The number of carbonyl (C=O) groups is 1. The van der Waals surface area contributed by atoms with E-state index in [9.17, 15) is 4.79 Å². The van der Waals surface area contributed by atoms with Gasteiger partial charge in [-0.3, -0.25) is 4.90 Å². The van der Waals surface area contributed by atoms with Crippen LogP contribution in [0.1, 0.15) is 11.6 Å². The Labute approximate surface area is 89.0 Å². The van der Waals surface area contributed by atoms with Crippen molar-refractivity contribution in [3.63, 3.8) is 0 Å². The molecule has 0 aromatic heterocycles. The maximum absolute atomic E-state index is 11.5. The summed E-state index contributed by atoms with van der Waals surface area (Å²) >= 11 is 0. The van der Waals surface area contributed by atoms with Crippen LogP contribution in [0.5, 0.6) is 0 Å². The molecule has 0 saturated heterocycles. The molecule has 0 bridgehead atoms. The molecule has 78 valence electrons. The minimum absolute atomic E-state index is 0.0126. The first-order valence-corrected chi connectivity index (χ1v) is 4.89. The van der Waals surface area contributed by atoms with Gasteiger partial charge in [0.1, 0.15) is 0 Å². The van der Waals surface area contributed by atoms with E-state index in [-0.39, 0.29) is 12.1 Å². The second-order valence-electron chi connectivity index (χ2n) is 3.41. The Balaban J connectivity index is 2.22. The lowest BCUT2D eigenvalue weighted by Crippen LogP contribution is -2.30. The van der Waals surface area contributed by atoms with Crippen LogP contribution in [0.25, 0.3) is 0 Å². The molecule has 1 aliphatic rings. The molecule has 0 aliphatic carbocycles. The van der Waals surface area contributed by atoms with E-state index in [4.69, 9.17) is 4.74 Å². The van der Waals surface area contributed by atoms with E-state index in [1.165, 1.54) is 7.11 Å². The lowest BCUT2D eigenvalue weighted by atomic mass is 10.1. The van der Waals surface area contributed by atoms with Gasteiger partial charge in [-0.05, 0) is 5.56 Å². The number of ether oxygens (including phenoxy) is 1. The smallest absolute Gasteiger partial charge is 0.410 e. The first-order chi connectivity index (χ1) is 7.33. The number of nitrogens with zero attached hydrogens (tertiary/aromatic N) is 1. The van der Waals surface area contributed by atoms with Crippen molar-refractivity contribution in [3.8, 4) is 0 Å². The molecule has 0 N–H and O–H groups in total. The highest BCUT2D eigenvalue weighted by Gasteiger charge is 2.26. The fourth-order valence-corrected chi connectivity index (χ4v) is 1.77. The highest BCUT2D eigenvalue weighted by atomic mass is 16.5. The number of carbonyl (C=O) groups excluding carboxylic acids is 1. The van der Waals surface area contributed by atoms with Gasteiger partial charge in [-0.2, -0.15) is 0 Å². The van der Waals surface area contributed by atoms with Crippen LogP contribution in [-0.2, 0) is 4.74 Å².